The molecule has 5 nitrogen and oxygen atoms in total. The largest absolute Gasteiger partial charge is 0.279 e. The molecule has 0 N–H and O–H groups in total. The monoisotopic (exact) mass is 358 g/mol. The number of carbonyl (C=O) groups excluding carboxylic acids is 1. The Morgan fingerprint density at radius 2 is 1.83 bits per heavy atom. The Bertz CT molecular complexity index is 924. The maximum atomic E-state index is 12.9. The fourth-order valence-electron chi connectivity index (χ4n) is 2.91. The van der Waals surface area contributed by atoms with Gasteiger partial charge in [-0.1, -0.05) is 29.8 Å². The summed E-state index contributed by atoms with van der Waals surface area (Å²) < 4.78 is 1.83. The van der Waals surface area contributed by atoms with Crippen LogP contribution in [0.5, 0.6) is 0 Å². The van der Waals surface area contributed by atoms with Crippen LogP contribution in [0.3, 0.4) is 0 Å². The first-order valence-corrected chi connectivity index (χ1v) is 8.27. The number of rotatable bonds is 2. The number of nitrogens with zero attached hydrogens (tertiary/aromatic N) is 4. The molecule has 4 rings (SSSR count). The molecule has 0 aliphatic carbocycles. The Labute approximate surface area is 148 Å². The third-order valence-electron chi connectivity index (χ3n) is 3.91. The van der Waals surface area contributed by atoms with Crippen molar-refractivity contribution in [1.29, 1.82) is 0 Å². The number of alkyl halides is 1. The van der Waals surface area contributed by atoms with Gasteiger partial charge in [-0.2, -0.15) is 0 Å². The lowest BCUT2D eigenvalue weighted by Gasteiger charge is -2.23. The third-order valence-corrected chi connectivity index (χ3v) is 4.38. The minimum absolute atomic E-state index is 0.100. The van der Waals surface area contributed by atoms with Gasteiger partial charge in [0.2, 0.25) is 5.91 Å². The van der Waals surface area contributed by atoms with Gasteiger partial charge < -0.3 is 0 Å². The van der Waals surface area contributed by atoms with Crippen LogP contribution in [0.4, 0.5) is 11.4 Å². The first kappa shape index (κ1) is 15.2. The van der Waals surface area contributed by atoms with E-state index in [0.29, 0.717) is 22.4 Å². The Balaban J connectivity index is 2.01. The van der Waals surface area contributed by atoms with Crippen molar-refractivity contribution in [2.45, 2.75) is 12.3 Å². The summed E-state index contributed by atoms with van der Waals surface area (Å²) in [6.07, 6.45) is 0.130. The zero-order valence-electron chi connectivity index (χ0n) is 12.5. The number of para-hydroxylation sites is 1. The summed E-state index contributed by atoms with van der Waals surface area (Å²) in [5.41, 5.74) is 2.24. The van der Waals surface area contributed by atoms with E-state index in [1.54, 1.807) is 17.0 Å². The van der Waals surface area contributed by atoms with E-state index in [-0.39, 0.29) is 18.2 Å². The first-order valence-electron chi connectivity index (χ1n) is 7.36. The number of anilines is 2. The number of fused-ring (bicyclic) bond motifs is 3. The van der Waals surface area contributed by atoms with E-state index < -0.39 is 0 Å². The molecule has 1 aliphatic rings. The average molecular weight is 359 g/mol. The molecule has 0 saturated heterocycles. The highest BCUT2D eigenvalue weighted by Crippen LogP contribution is 2.37. The average Bonchev–Trinajstić information content (AvgIpc) is 2.94. The van der Waals surface area contributed by atoms with Crippen LogP contribution in [0.25, 0.3) is 5.69 Å². The molecule has 7 heteroatoms. The molecule has 2 heterocycles. The predicted molar refractivity (Wildman–Crippen MR) is 93.2 cm³/mol. The molecule has 0 bridgehead atoms. The molecule has 0 fully saturated rings. The standard InChI is InChI=1S/C17H12Cl2N4O/c18-10-16-21-20-15-9-17(24)22(12-4-2-1-3-5-12)14-8-11(19)6-7-13(14)23(15)16/h1-8H,9-10H2. The number of aromatic nitrogens is 3. The minimum atomic E-state index is -0.100. The quantitative estimate of drug-likeness (QED) is 0.653. The van der Waals surface area contributed by atoms with Gasteiger partial charge in [-0.15, -0.1) is 21.8 Å². The van der Waals surface area contributed by atoms with Gasteiger partial charge in [0.25, 0.3) is 0 Å². The summed E-state index contributed by atoms with van der Waals surface area (Å²) in [5.74, 6) is 1.27. The van der Waals surface area contributed by atoms with Gasteiger partial charge in [0.15, 0.2) is 5.82 Å². The fourth-order valence-corrected chi connectivity index (χ4v) is 3.25. The highest BCUT2D eigenvalue weighted by molar-refractivity contribution is 6.31. The molecule has 0 unspecified atom stereocenters. The predicted octanol–water partition coefficient (Wildman–Crippen LogP) is 3.88. The smallest absolute Gasteiger partial charge is 0.239 e. The number of hydrogen-bond acceptors (Lipinski definition) is 3. The normalized spacial score (nSPS) is 13.4. The van der Waals surface area contributed by atoms with Crippen LogP contribution in [0.2, 0.25) is 5.02 Å². The fraction of sp³-hybridized carbons (Fsp3) is 0.118. The molecule has 0 spiro atoms. The maximum Gasteiger partial charge on any atom is 0.239 e. The zero-order chi connectivity index (χ0) is 16.7. The molecular formula is C17H12Cl2N4O. The van der Waals surface area contributed by atoms with Crippen LogP contribution in [-0.2, 0) is 17.1 Å². The topological polar surface area (TPSA) is 51.0 Å². The number of hydrogen-bond donors (Lipinski definition) is 0. The minimum Gasteiger partial charge on any atom is -0.279 e. The Morgan fingerprint density at radius 1 is 1.04 bits per heavy atom. The second-order valence-corrected chi connectivity index (χ2v) is 6.08. The molecule has 24 heavy (non-hydrogen) atoms. The van der Waals surface area contributed by atoms with Crippen LogP contribution in [-0.4, -0.2) is 20.7 Å². The van der Waals surface area contributed by atoms with Crippen molar-refractivity contribution >= 4 is 40.5 Å². The highest BCUT2D eigenvalue weighted by atomic mass is 35.5. The summed E-state index contributed by atoms with van der Waals surface area (Å²) in [6.45, 7) is 0. The molecular weight excluding hydrogens is 347 g/mol. The summed E-state index contributed by atoms with van der Waals surface area (Å²) >= 11 is 12.2. The summed E-state index contributed by atoms with van der Waals surface area (Å²) in [5, 5.41) is 8.77. The molecule has 1 amide bonds. The number of benzene rings is 2. The van der Waals surface area contributed by atoms with Gasteiger partial charge >= 0.3 is 0 Å². The second-order valence-electron chi connectivity index (χ2n) is 5.38. The van der Waals surface area contributed by atoms with Gasteiger partial charge in [-0.05, 0) is 30.3 Å². The lowest BCUT2D eigenvalue weighted by atomic mass is 10.2. The van der Waals surface area contributed by atoms with Gasteiger partial charge in [-0.25, -0.2) is 0 Å². The van der Waals surface area contributed by atoms with Crippen molar-refractivity contribution in [3.8, 4) is 5.69 Å². The van der Waals surface area contributed by atoms with E-state index in [9.17, 15) is 4.79 Å². The second kappa shape index (κ2) is 5.92. The Hall–Kier alpha value is -2.37. The number of amides is 1. The number of carbonyl (C=O) groups is 1. The van der Waals surface area contributed by atoms with Crippen molar-refractivity contribution < 1.29 is 4.79 Å². The third kappa shape index (κ3) is 2.37. The Kier molecular flexibility index (Phi) is 3.75. The molecule has 3 aromatic rings. The van der Waals surface area contributed by atoms with Crippen molar-refractivity contribution in [3.63, 3.8) is 0 Å². The molecule has 2 aromatic carbocycles. The molecule has 0 radical (unpaired) electrons. The summed E-state index contributed by atoms with van der Waals surface area (Å²) in [6, 6.07) is 14.9. The molecule has 0 atom stereocenters. The van der Waals surface area contributed by atoms with Crippen molar-refractivity contribution in [3.05, 3.63) is 65.2 Å². The van der Waals surface area contributed by atoms with E-state index in [1.165, 1.54) is 0 Å². The van der Waals surface area contributed by atoms with E-state index in [4.69, 9.17) is 23.2 Å². The van der Waals surface area contributed by atoms with Crippen LogP contribution < -0.4 is 4.90 Å². The van der Waals surface area contributed by atoms with Gasteiger partial charge in [0.05, 0.1) is 23.7 Å². The van der Waals surface area contributed by atoms with Crippen LogP contribution in [0.1, 0.15) is 11.6 Å². The number of halogens is 2. The lowest BCUT2D eigenvalue weighted by Crippen LogP contribution is -2.26. The van der Waals surface area contributed by atoms with Crippen molar-refractivity contribution in [2.75, 3.05) is 4.90 Å². The van der Waals surface area contributed by atoms with Crippen molar-refractivity contribution in [2.24, 2.45) is 0 Å². The summed E-state index contributed by atoms with van der Waals surface area (Å²) in [4.78, 5) is 14.6. The Morgan fingerprint density at radius 3 is 2.58 bits per heavy atom. The van der Waals surface area contributed by atoms with Crippen LogP contribution in [0, 0.1) is 0 Å². The maximum absolute atomic E-state index is 12.9. The molecule has 1 aliphatic heterocycles. The molecule has 0 saturated carbocycles. The van der Waals surface area contributed by atoms with Crippen LogP contribution >= 0.6 is 23.2 Å². The molecule has 120 valence electrons. The highest BCUT2D eigenvalue weighted by Gasteiger charge is 2.30. The van der Waals surface area contributed by atoms with E-state index in [1.807, 2.05) is 41.0 Å². The zero-order valence-corrected chi connectivity index (χ0v) is 14.0. The van der Waals surface area contributed by atoms with Crippen molar-refractivity contribution in [1.82, 2.24) is 14.8 Å². The van der Waals surface area contributed by atoms with Gasteiger partial charge in [0.1, 0.15) is 5.82 Å². The van der Waals surface area contributed by atoms with E-state index in [0.717, 1.165) is 11.4 Å². The van der Waals surface area contributed by atoms with E-state index >= 15 is 0 Å². The SMILES string of the molecule is O=C1Cc2nnc(CCl)n2-c2ccc(Cl)cc2N1c1ccccc1. The lowest BCUT2D eigenvalue weighted by molar-refractivity contribution is -0.117. The summed E-state index contributed by atoms with van der Waals surface area (Å²) in [7, 11) is 0. The molecule has 1 aromatic heterocycles. The van der Waals surface area contributed by atoms with E-state index in [2.05, 4.69) is 10.2 Å². The van der Waals surface area contributed by atoms with Crippen LogP contribution in [0.15, 0.2) is 48.5 Å². The van der Waals surface area contributed by atoms with Gasteiger partial charge in [0, 0.05) is 10.7 Å². The van der Waals surface area contributed by atoms with Gasteiger partial charge in [-0.3, -0.25) is 14.3 Å². The first-order chi connectivity index (χ1) is 11.7.